The fourth-order valence-corrected chi connectivity index (χ4v) is 10.3. The van der Waals surface area contributed by atoms with Crippen molar-refractivity contribution in [3.8, 4) is 0 Å². The number of hydrogen-bond donors (Lipinski definition) is 0. The van der Waals surface area contributed by atoms with Crippen LogP contribution in [-0.2, 0) is 28.6 Å². The highest BCUT2D eigenvalue weighted by Crippen LogP contribution is 2.18. The maximum Gasteiger partial charge on any atom is 0.306 e. The molecule has 0 saturated carbocycles. The first-order chi connectivity index (χ1) is 36.0. The molecule has 6 nitrogen and oxygen atoms in total. The van der Waals surface area contributed by atoms with Crippen molar-refractivity contribution in [2.45, 2.75) is 386 Å². The molecule has 0 spiro atoms. The van der Waals surface area contributed by atoms with E-state index in [1.165, 1.54) is 276 Å². The van der Waals surface area contributed by atoms with Crippen LogP contribution in [0.1, 0.15) is 380 Å². The molecular formula is C67H128O6. The third-order valence-corrected chi connectivity index (χ3v) is 15.3. The number of unbranched alkanes of at least 4 members (excludes halogenated alkanes) is 49. The largest absolute Gasteiger partial charge is 0.462 e. The van der Waals surface area contributed by atoms with Gasteiger partial charge >= 0.3 is 17.9 Å². The van der Waals surface area contributed by atoms with Gasteiger partial charge in [-0.25, -0.2) is 0 Å². The molecule has 0 aliphatic carbocycles. The van der Waals surface area contributed by atoms with Crippen LogP contribution < -0.4 is 0 Å². The van der Waals surface area contributed by atoms with Gasteiger partial charge in [-0.3, -0.25) is 14.4 Å². The van der Waals surface area contributed by atoms with E-state index >= 15 is 0 Å². The molecule has 0 heterocycles. The highest BCUT2D eigenvalue weighted by Gasteiger charge is 2.19. The Hall–Kier alpha value is -1.85. The number of carbonyl (C=O) groups is 3. The van der Waals surface area contributed by atoms with Crippen LogP contribution in [0, 0.1) is 0 Å². The third-order valence-electron chi connectivity index (χ3n) is 15.3. The Morgan fingerprint density at radius 2 is 0.452 bits per heavy atom. The first kappa shape index (κ1) is 71.2. The molecule has 0 bridgehead atoms. The highest BCUT2D eigenvalue weighted by atomic mass is 16.6. The van der Waals surface area contributed by atoms with Crippen molar-refractivity contribution in [2.24, 2.45) is 0 Å². The van der Waals surface area contributed by atoms with Crippen molar-refractivity contribution in [1.29, 1.82) is 0 Å². The predicted octanol–water partition coefficient (Wildman–Crippen LogP) is 22.4. The minimum Gasteiger partial charge on any atom is -0.462 e. The summed E-state index contributed by atoms with van der Waals surface area (Å²) in [5.41, 5.74) is 0. The molecule has 0 aromatic rings. The molecule has 0 fully saturated rings. The van der Waals surface area contributed by atoms with E-state index in [4.69, 9.17) is 14.2 Å². The van der Waals surface area contributed by atoms with Crippen LogP contribution in [0.4, 0.5) is 0 Å². The zero-order chi connectivity index (χ0) is 52.9. The second-order valence-electron chi connectivity index (χ2n) is 22.7. The van der Waals surface area contributed by atoms with E-state index in [0.717, 1.165) is 64.2 Å². The Morgan fingerprint density at radius 1 is 0.260 bits per heavy atom. The monoisotopic (exact) mass is 1030 g/mol. The molecule has 73 heavy (non-hydrogen) atoms. The predicted molar refractivity (Wildman–Crippen MR) is 317 cm³/mol. The molecule has 1 unspecified atom stereocenters. The van der Waals surface area contributed by atoms with Crippen LogP contribution in [0.3, 0.4) is 0 Å². The normalized spacial score (nSPS) is 12.0. The number of allylic oxidation sites excluding steroid dienone is 2. The molecule has 0 aromatic carbocycles. The highest BCUT2D eigenvalue weighted by molar-refractivity contribution is 5.71. The summed E-state index contributed by atoms with van der Waals surface area (Å²) in [5.74, 6) is -0.847. The van der Waals surface area contributed by atoms with Gasteiger partial charge in [-0.15, -0.1) is 0 Å². The van der Waals surface area contributed by atoms with Crippen molar-refractivity contribution in [2.75, 3.05) is 13.2 Å². The maximum absolute atomic E-state index is 12.9. The molecule has 0 rings (SSSR count). The van der Waals surface area contributed by atoms with Crippen molar-refractivity contribution >= 4 is 17.9 Å². The average molecular weight is 1030 g/mol. The summed E-state index contributed by atoms with van der Waals surface area (Å²) >= 11 is 0. The van der Waals surface area contributed by atoms with Gasteiger partial charge in [0.05, 0.1) is 0 Å². The zero-order valence-electron chi connectivity index (χ0n) is 49.7. The van der Waals surface area contributed by atoms with E-state index in [1.54, 1.807) is 0 Å². The molecule has 0 saturated heterocycles. The van der Waals surface area contributed by atoms with E-state index in [-0.39, 0.29) is 31.1 Å². The van der Waals surface area contributed by atoms with Gasteiger partial charge in [0.1, 0.15) is 13.2 Å². The molecule has 0 radical (unpaired) electrons. The quantitative estimate of drug-likeness (QED) is 0.0261. The van der Waals surface area contributed by atoms with Crippen LogP contribution in [-0.4, -0.2) is 37.2 Å². The Kier molecular flexibility index (Phi) is 61.1. The van der Waals surface area contributed by atoms with Gasteiger partial charge in [-0.05, 0) is 44.9 Å². The molecular weight excluding hydrogens is 901 g/mol. The van der Waals surface area contributed by atoms with Crippen molar-refractivity contribution in [3.63, 3.8) is 0 Å². The lowest BCUT2D eigenvalue weighted by Gasteiger charge is -2.18. The third kappa shape index (κ3) is 60.9. The standard InChI is InChI=1S/C67H128O6/c1-4-7-10-13-16-19-22-25-27-28-29-30-31-32-33-34-35-36-37-38-39-40-43-45-48-51-54-57-60-66(69)72-63-64(62-71-65(68)59-56-53-50-47-44-41-24-21-18-15-12-9-6-3)73-67(70)61-58-55-52-49-46-42-26-23-20-17-14-11-8-5-2/h23,26,64H,4-22,24-25,27-63H2,1-3H3/b26-23-. The lowest BCUT2D eigenvalue weighted by atomic mass is 10.0. The van der Waals surface area contributed by atoms with Gasteiger partial charge < -0.3 is 14.2 Å². The second-order valence-corrected chi connectivity index (χ2v) is 22.7. The zero-order valence-corrected chi connectivity index (χ0v) is 49.7. The molecule has 432 valence electrons. The SMILES string of the molecule is CCCCCCC/C=C\CCCCCCCC(=O)OC(COC(=O)CCCCCCCCCCCCCCC)COC(=O)CCCCCCCCCCCCCCCCCCCCCCCCCCCCCC. The molecule has 0 aromatic heterocycles. The smallest absolute Gasteiger partial charge is 0.306 e. The minimum absolute atomic E-state index is 0.0671. The Morgan fingerprint density at radius 3 is 0.685 bits per heavy atom. The summed E-state index contributed by atoms with van der Waals surface area (Å²) in [7, 11) is 0. The lowest BCUT2D eigenvalue weighted by Crippen LogP contribution is -2.30. The first-order valence-corrected chi connectivity index (χ1v) is 33.2. The van der Waals surface area contributed by atoms with E-state index in [0.29, 0.717) is 19.3 Å². The fraction of sp³-hybridized carbons (Fsp3) is 0.925. The topological polar surface area (TPSA) is 78.9 Å². The summed E-state index contributed by atoms with van der Waals surface area (Å²) in [4.78, 5) is 38.2. The number of hydrogen-bond acceptors (Lipinski definition) is 6. The van der Waals surface area contributed by atoms with Crippen LogP contribution in [0.2, 0.25) is 0 Å². The van der Waals surface area contributed by atoms with Gasteiger partial charge in [0.2, 0.25) is 0 Å². The molecule has 0 aliphatic heterocycles. The molecule has 0 amide bonds. The second kappa shape index (κ2) is 62.7. The number of rotatable bonds is 62. The van der Waals surface area contributed by atoms with E-state index in [2.05, 4.69) is 32.9 Å². The lowest BCUT2D eigenvalue weighted by molar-refractivity contribution is -0.167. The minimum atomic E-state index is -0.769. The summed E-state index contributed by atoms with van der Waals surface area (Å²) in [6.45, 7) is 6.69. The summed E-state index contributed by atoms with van der Waals surface area (Å²) in [5, 5.41) is 0. The van der Waals surface area contributed by atoms with Gasteiger partial charge in [-0.2, -0.15) is 0 Å². The van der Waals surface area contributed by atoms with Gasteiger partial charge in [0, 0.05) is 19.3 Å². The fourth-order valence-electron chi connectivity index (χ4n) is 10.3. The molecule has 0 N–H and O–H groups in total. The Labute approximate surface area is 456 Å². The number of ether oxygens (including phenoxy) is 3. The van der Waals surface area contributed by atoms with Crippen LogP contribution in [0.5, 0.6) is 0 Å². The van der Waals surface area contributed by atoms with Crippen LogP contribution >= 0.6 is 0 Å². The van der Waals surface area contributed by atoms with Crippen molar-refractivity contribution < 1.29 is 28.6 Å². The molecule has 6 heteroatoms. The van der Waals surface area contributed by atoms with Crippen molar-refractivity contribution in [1.82, 2.24) is 0 Å². The summed E-state index contributed by atoms with van der Waals surface area (Å²) < 4.78 is 16.9. The van der Waals surface area contributed by atoms with Gasteiger partial charge in [0.25, 0.3) is 0 Å². The Balaban J connectivity index is 4.12. The Bertz CT molecular complexity index is 1130. The van der Waals surface area contributed by atoms with E-state index in [9.17, 15) is 14.4 Å². The molecule has 1 atom stereocenters. The van der Waals surface area contributed by atoms with Crippen LogP contribution in [0.25, 0.3) is 0 Å². The van der Waals surface area contributed by atoms with Gasteiger partial charge in [0.15, 0.2) is 6.10 Å². The van der Waals surface area contributed by atoms with Crippen LogP contribution in [0.15, 0.2) is 12.2 Å². The summed E-state index contributed by atoms with van der Waals surface area (Å²) in [6.07, 6.45) is 73.8. The van der Waals surface area contributed by atoms with E-state index < -0.39 is 6.10 Å². The average Bonchev–Trinajstić information content (AvgIpc) is 3.39. The maximum atomic E-state index is 12.9. The van der Waals surface area contributed by atoms with E-state index in [1.807, 2.05) is 0 Å². The number of carbonyl (C=O) groups excluding carboxylic acids is 3. The number of esters is 3. The molecule has 0 aliphatic rings. The summed E-state index contributed by atoms with van der Waals surface area (Å²) in [6, 6.07) is 0. The first-order valence-electron chi connectivity index (χ1n) is 33.2. The van der Waals surface area contributed by atoms with Crippen molar-refractivity contribution in [3.05, 3.63) is 12.2 Å². The van der Waals surface area contributed by atoms with Gasteiger partial charge in [-0.1, -0.05) is 328 Å².